The molecule has 2 nitrogen and oxygen atoms in total. The number of hydrogen-bond donors (Lipinski definition) is 1. The molecule has 1 amide bonds. The molecule has 0 aliphatic heterocycles. The second kappa shape index (κ2) is 6.25. The van der Waals surface area contributed by atoms with Crippen molar-refractivity contribution in [2.75, 3.05) is 0 Å². The van der Waals surface area contributed by atoms with Gasteiger partial charge in [-0.2, -0.15) is 0 Å². The highest BCUT2D eigenvalue weighted by molar-refractivity contribution is 5.92. The van der Waals surface area contributed by atoms with E-state index >= 15 is 0 Å². The highest BCUT2D eigenvalue weighted by Crippen LogP contribution is 2.45. The van der Waals surface area contributed by atoms with Gasteiger partial charge in [-0.05, 0) is 41.2 Å². The van der Waals surface area contributed by atoms with E-state index in [4.69, 9.17) is 5.73 Å². The number of rotatable bonds is 5. The number of carbonyl (C=O) groups excluding carboxylic acids is 1. The van der Waals surface area contributed by atoms with Crippen molar-refractivity contribution in [1.82, 2.24) is 0 Å². The molecule has 2 aromatic carbocycles. The topological polar surface area (TPSA) is 43.1 Å². The van der Waals surface area contributed by atoms with Gasteiger partial charge in [0.2, 0.25) is 5.91 Å². The Morgan fingerprint density at radius 2 is 1.91 bits per heavy atom. The van der Waals surface area contributed by atoms with E-state index in [1.807, 2.05) is 25.1 Å². The third-order valence-electron chi connectivity index (χ3n) is 4.43. The molecule has 0 heterocycles. The monoisotopic (exact) mass is 303 g/mol. The fourth-order valence-corrected chi connectivity index (χ4v) is 3.22. The first-order chi connectivity index (χ1) is 11.1. The standard InChI is InChI=1S/C21H21NO/c1-14(2)16-8-9-17-13-19(15-6-4-3-5-7-15)18(20(17)12-16)10-11-21(22)23/h3-9,12-13,18H,1,10-11H2,2H3,(H2,22,23). The minimum Gasteiger partial charge on any atom is -0.370 e. The zero-order valence-electron chi connectivity index (χ0n) is 13.4. The van der Waals surface area contributed by atoms with Crippen molar-refractivity contribution in [2.45, 2.75) is 25.7 Å². The van der Waals surface area contributed by atoms with Gasteiger partial charge in [-0.15, -0.1) is 0 Å². The SMILES string of the molecule is C=C(C)c1ccc2c(c1)C(CCC(N)=O)C(c1ccccc1)=C2. The van der Waals surface area contributed by atoms with Gasteiger partial charge >= 0.3 is 0 Å². The molecule has 0 saturated heterocycles. The highest BCUT2D eigenvalue weighted by atomic mass is 16.1. The Labute approximate surface area is 137 Å². The molecule has 0 saturated carbocycles. The normalized spacial score (nSPS) is 15.9. The summed E-state index contributed by atoms with van der Waals surface area (Å²) in [6.07, 6.45) is 3.37. The molecule has 1 unspecified atom stereocenters. The zero-order chi connectivity index (χ0) is 16.4. The van der Waals surface area contributed by atoms with Crippen molar-refractivity contribution in [3.63, 3.8) is 0 Å². The molecule has 0 radical (unpaired) electrons. The maximum atomic E-state index is 11.3. The molecule has 0 bridgehead atoms. The van der Waals surface area contributed by atoms with Crippen molar-refractivity contribution in [2.24, 2.45) is 5.73 Å². The van der Waals surface area contributed by atoms with E-state index in [2.05, 4.69) is 43.0 Å². The van der Waals surface area contributed by atoms with E-state index in [-0.39, 0.29) is 11.8 Å². The van der Waals surface area contributed by atoms with E-state index in [1.54, 1.807) is 0 Å². The number of benzene rings is 2. The van der Waals surface area contributed by atoms with Crippen molar-refractivity contribution in [3.05, 3.63) is 77.4 Å². The molecule has 2 heteroatoms. The minimum atomic E-state index is -0.248. The lowest BCUT2D eigenvalue weighted by molar-refractivity contribution is -0.118. The molecule has 0 aromatic heterocycles. The summed E-state index contributed by atoms with van der Waals surface area (Å²) >= 11 is 0. The van der Waals surface area contributed by atoms with Crippen molar-refractivity contribution in [3.8, 4) is 0 Å². The number of fused-ring (bicyclic) bond motifs is 1. The van der Waals surface area contributed by atoms with Crippen molar-refractivity contribution in [1.29, 1.82) is 0 Å². The molecule has 0 spiro atoms. The van der Waals surface area contributed by atoms with Crippen LogP contribution in [0.3, 0.4) is 0 Å². The highest BCUT2D eigenvalue weighted by Gasteiger charge is 2.26. The summed E-state index contributed by atoms with van der Waals surface area (Å²) in [7, 11) is 0. The zero-order valence-corrected chi connectivity index (χ0v) is 13.4. The molecule has 1 aliphatic rings. The van der Waals surface area contributed by atoms with Crippen LogP contribution in [0.15, 0.2) is 55.1 Å². The smallest absolute Gasteiger partial charge is 0.217 e. The predicted molar refractivity (Wildman–Crippen MR) is 96.6 cm³/mol. The Hall–Kier alpha value is -2.61. The summed E-state index contributed by atoms with van der Waals surface area (Å²) in [5, 5.41) is 0. The molecular weight excluding hydrogens is 282 g/mol. The average Bonchev–Trinajstić information content (AvgIpc) is 2.91. The van der Waals surface area contributed by atoms with E-state index in [0.29, 0.717) is 6.42 Å². The number of allylic oxidation sites excluding steroid dienone is 2. The number of amides is 1. The third-order valence-corrected chi connectivity index (χ3v) is 4.43. The molecule has 0 fully saturated rings. The van der Waals surface area contributed by atoms with Crippen LogP contribution in [0.4, 0.5) is 0 Å². The number of hydrogen-bond acceptors (Lipinski definition) is 1. The van der Waals surface area contributed by atoms with Gasteiger partial charge in [-0.1, -0.05) is 66.8 Å². The summed E-state index contributed by atoms with van der Waals surface area (Å²) in [5.41, 5.74) is 12.5. The Bertz CT molecular complexity index is 787. The van der Waals surface area contributed by atoms with Crippen LogP contribution in [0.25, 0.3) is 17.2 Å². The Morgan fingerprint density at radius 3 is 2.57 bits per heavy atom. The third kappa shape index (κ3) is 3.11. The Kier molecular flexibility index (Phi) is 4.16. The lowest BCUT2D eigenvalue weighted by Gasteiger charge is -2.17. The summed E-state index contributed by atoms with van der Waals surface area (Å²) in [6.45, 7) is 6.05. The quantitative estimate of drug-likeness (QED) is 0.860. The van der Waals surface area contributed by atoms with Crippen LogP contribution in [0, 0.1) is 0 Å². The second-order valence-corrected chi connectivity index (χ2v) is 6.15. The van der Waals surface area contributed by atoms with Crippen LogP contribution >= 0.6 is 0 Å². The van der Waals surface area contributed by atoms with Gasteiger partial charge in [-0.25, -0.2) is 0 Å². The summed E-state index contributed by atoms with van der Waals surface area (Å²) in [6, 6.07) is 16.8. The number of nitrogens with two attached hydrogens (primary N) is 1. The first-order valence-corrected chi connectivity index (χ1v) is 7.91. The van der Waals surface area contributed by atoms with Gasteiger partial charge in [0.25, 0.3) is 0 Å². The summed E-state index contributed by atoms with van der Waals surface area (Å²) < 4.78 is 0. The minimum absolute atomic E-state index is 0.208. The molecule has 3 rings (SSSR count). The Balaban J connectivity index is 2.03. The molecular formula is C21H21NO. The number of primary amides is 1. The van der Waals surface area contributed by atoms with Gasteiger partial charge in [0.1, 0.15) is 0 Å². The first kappa shape index (κ1) is 15.3. The van der Waals surface area contributed by atoms with Gasteiger partial charge in [0.15, 0.2) is 0 Å². The lowest BCUT2D eigenvalue weighted by Crippen LogP contribution is -2.12. The van der Waals surface area contributed by atoms with Crippen LogP contribution in [-0.2, 0) is 4.79 Å². The van der Waals surface area contributed by atoms with Gasteiger partial charge in [-0.3, -0.25) is 4.79 Å². The van der Waals surface area contributed by atoms with E-state index in [0.717, 1.165) is 17.6 Å². The van der Waals surface area contributed by atoms with Crippen LogP contribution in [0.2, 0.25) is 0 Å². The van der Waals surface area contributed by atoms with Gasteiger partial charge in [0, 0.05) is 12.3 Å². The first-order valence-electron chi connectivity index (χ1n) is 7.91. The van der Waals surface area contributed by atoms with Crippen molar-refractivity contribution >= 4 is 23.1 Å². The predicted octanol–water partition coefficient (Wildman–Crippen LogP) is 4.62. The fourth-order valence-electron chi connectivity index (χ4n) is 3.22. The summed E-state index contributed by atoms with van der Waals surface area (Å²) in [5.74, 6) is -0.0406. The maximum Gasteiger partial charge on any atom is 0.217 e. The van der Waals surface area contributed by atoms with Gasteiger partial charge < -0.3 is 5.73 Å². The molecule has 2 N–H and O–H groups in total. The fraction of sp³-hybridized carbons (Fsp3) is 0.190. The van der Waals surface area contributed by atoms with E-state index in [1.165, 1.54) is 22.3 Å². The molecule has 2 aromatic rings. The second-order valence-electron chi connectivity index (χ2n) is 6.15. The van der Waals surface area contributed by atoms with Crippen LogP contribution in [0.5, 0.6) is 0 Å². The van der Waals surface area contributed by atoms with Crippen LogP contribution in [-0.4, -0.2) is 5.91 Å². The number of carbonyl (C=O) groups is 1. The Morgan fingerprint density at radius 1 is 1.17 bits per heavy atom. The van der Waals surface area contributed by atoms with Crippen LogP contribution < -0.4 is 5.73 Å². The van der Waals surface area contributed by atoms with Crippen molar-refractivity contribution < 1.29 is 4.79 Å². The molecule has 1 atom stereocenters. The van der Waals surface area contributed by atoms with Crippen LogP contribution in [0.1, 0.15) is 47.9 Å². The van der Waals surface area contributed by atoms with E-state index < -0.39 is 0 Å². The molecule has 116 valence electrons. The van der Waals surface area contributed by atoms with E-state index in [9.17, 15) is 4.79 Å². The molecule has 23 heavy (non-hydrogen) atoms. The van der Waals surface area contributed by atoms with Gasteiger partial charge in [0.05, 0.1) is 0 Å². The lowest BCUT2D eigenvalue weighted by atomic mass is 9.86. The average molecular weight is 303 g/mol. The maximum absolute atomic E-state index is 11.3. The summed E-state index contributed by atoms with van der Waals surface area (Å²) in [4.78, 5) is 11.3. The largest absolute Gasteiger partial charge is 0.370 e. The molecule has 1 aliphatic carbocycles.